The Balaban J connectivity index is 1.74. The minimum Gasteiger partial charge on any atom is -0.206 e. The van der Waals surface area contributed by atoms with E-state index in [9.17, 15) is 8.78 Å². The third kappa shape index (κ3) is 1.95. The van der Waals surface area contributed by atoms with E-state index in [1.54, 1.807) is 6.20 Å². The molecule has 5 rings (SSSR count). The molecule has 2 aromatic heterocycles. The average Bonchev–Trinajstić information content (AvgIpc) is 3.04. The first kappa shape index (κ1) is 16.4. The molecule has 2 aliphatic rings. The molecule has 6 heteroatoms. The molecule has 3 aromatic rings. The van der Waals surface area contributed by atoms with Crippen molar-refractivity contribution in [3.8, 4) is 11.3 Å². The largest absolute Gasteiger partial charge is 0.206 e. The predicted octanol–water partition coefficient (Wildman–Crippen LogP) is 4.42. The molecule has 0 N–H and O–H groups in total. The van der Waals surface area contributed by atoms with Crippen molar-refractivity contribution in [3.05, 3.63) is 71.2 Å². The topological polar surface area (TPSA) is 51.6 Å². The smallest absolute Gasteiger partial charge is 0.135 e. The van der Waals surface area contributed by atoms with Crippen LogP contribution in [0.5, 0.6) is 0 Å². The van der Waals surface area contributed by atoms with Gasteiger partial charge >= 0.3 is 0 Å². The van der Waals surface area contributed by atoms with Gasteiger partial charge in [-0.25, -0.2) is 8.78 Å². The molecule has 27 heavy (non-hydrogen) atoms. The van der Waals surface area contributed by atoms with Crippen LogP contribution in [0.3, 0.4) is 0 Å². The van der Waals surface area contributed by atoms with E-state index in [1.807, 2.05) is 18.2 Å². The van der Waals surface area contributed by atoms with Gasteiger partial charge in [-0.1, -0.05) is 19.9 Å². The first-order chi connectivity index (χ1) is 13.0. The molecule has 1 saturated carbocycles. The number of nitrogens with zero attached hydrogens (tertiary/aromatic N) is 4. The molecule has 2 atom stereocenters. The summed E-state index contributed by atoms with van der Waals surface area (Å²) in [5.74, 6) is -1.02. The van der Waals surface area contributed by atoms with Crippen molar-refractivity contribution < 1.29 is 8.78 Å². The summed E-state index contributed by atoms with van der Waals surface area (Å²) >= 11 is 0. The lowest BCUT2D eigenvalue weighted by Crippen LogP contribution is -2.37. The molecule has 2 heterocycles. The first-order valence-electron chi connectivity index (χ1n) is 9.07. The van der Waals surface area contributed by atoms with Crippen LogP contribution < -0.4 is 0 Å². The second kappa shape index (κ2) is 5.38. The summed E-state index contributed by atoms with van der Waals surface area (Å²) in [6.45, 7) is 4.43. The Hall–Kier alpha value is -2.76. The molecule has 136 valence electrons. The highest BCUT2D eigenvalue weighted by molar-refractivity contribution is 5.64. The van der Waals surface area contributed by atoms with E-state index in [-0.39, 0.29) is 28.0 Å². The quantitative estimate of drug-likeness (QED) is 0.676. The van der Waals surface area contributed by atoms with E-state index < -0.39 is 11.6 Å². The van der Waals surface area contributed by atoms with Gasteiger partial charge < -0.3 is 0 Å². The zero-order valence-electron chi connectivity index (χ0n) is 15.1. The number of benzene rings is 1. The Morgan fingerprint density at radius 1 is 1.00 bits per heavy atom. The molecule has 1 aromatic carbocycles. The van der Waals surface area contributed by atoms with Crippen molar-refractivity contribution in [2.75, 3.05) is 0 Å². The van der Waals surface area contributed by atoms with Crippen molar-refractivity contribution in [3.63, 3.8) is 0 Å². The standard InChI is InChI=1S/C21H18F2N4/c1-20(2)13-8-9-21(20,17-7-4-10-24-26-17)19-12(13)11-16(25-27-19)18-14(22)5-3-6-15(18)23/h3-7,10-11,13H,8-9H2,1-2H3/t13-,21-/m0/s1. The summed E-state index contributed by atoms with van der Waals surface area (Å²) in [6.07, 6.45) is 3.55. The van der Waals surface area contributed by atoms with Gasteiger partial charge in [0.05, 0.1) is 28.1 Å². The van der Waals surface area contributed by atoms with E-state index in [1.165, 1.54) is 18.2 Å². The van der Waals surface area contributed by atoms with Crippen molar-refractivity contribution >= 4 is 0 Å². The summed E-state index contributed by atoms with van der Waals surface area (Å²) in [5.41, 5.74) is 2.38. The molecule has 0 radical (unpaired) electrons. The molecule has 0 unspecified atom stereocenters. The van der Waals surface area contributed by atoms with Crippen LogP contribution in [0, 0.1) is 17.0 Å². The SMILES string of the molecule is CC1(C)[C@H]2CC[C@]1(c1cccnn1)c1nnc(-c3c(F)cccc3F)cc12. The molecule has 0 amide bonds. The zero-order valence-corrected chi connectivity index (χ0v) is 15.1. The molecule has 0 aliphatic heterocycles. The molecule has 1 fully saturated rings. The highest BCUT2D eigenvalue weighted by atomic mass is 19.1. The van der Waals surface area contributed by atoms with Gasteiger partial charge in [-0.3, -0.25) is 0 Å². The van der Waals surface area contributed by atoms with E-state index in [2.05, 4.69) is 34.2 Å². The Morgan fingerprint density at radius 3 is 2.48 bits per heavy atom. The number of aromatic nitrogens is 4. The van der Waals surface area contributed by atoms with E-state index >= 15 is 0 Å². The minimum absolute atomic E-state index is 0.123. The molecule has 2 aliphatic carbocycles. The lowest BCUT2D eigenvalue weighted by molar-refractivity contribution is 0.241. The minimum atomic E-state index is -0.629. The average molecular weight is 364 g/mol. The van der Waals surface area contributed by atoms with Gasteiger partial charge in [0, 0.05) is 6.20 Å². The normalized spacial score (nSPS) is 24.8. The molecule has 4 nitrogen and oxygen atoms in total. The molecule has 2 bridgehead atoms. The molecular weight excluding hydrogens is 346 g/mol. The van der Waals surface area contributed by atoms with Gasteiger partial charge in [-0.05, 0) is 60.1 Å². The van der Waals surface area contributed by atoms with Crippen molar-refractivity contribution in [1.82, 2.24) is 20.4 Å². The zero-order chi connectivity index (χ0) is 18.8. The Bertz CT molecular complexity index is 1030. The summed E-state index contributed by atoms with van der Waals surface area (Å²) in [4.78, 5) is 0. The van der Waals surface area contributed by atoms with E-state index in [0.717, 1.165) is 29.8 Å². The van der Waals surface area contributed by atoms with Gasteiger partial charge in [-0.15, -0.1) is 5.10 Å². The molecular formula is C21H18F2N4. The monoisotopic (exact) mass is 364 g/mol. The summed E-state index contributed by atoms with van der Waals surface area (Å²) < 4.78 is 28.5. The van der Waals surface area contributed by atoms with Crippen LogP contribution >= 0.6 is 0 Å². The van der Waals surface area contributed by atoms with Crippen molar-refractivity contribution in [2.24, 2.45) is 5.41 Å². The van der Waals surface area contributed by atoms with Gasteiger partial charge in [-0.2, -0.15) is 15.3 Å². The Kier molecular flexibility index (Phi) is 3.27. The molecule has 0 saturated heterocycles. The number of hydrogen-bond acceptors (Lipinski definition) is 4. The lowest BCUT2D eigenvalue weighted by atomic mass is 9.66. The maximum absolute atomic E-state index is 14.2. The fourth-order valence-electron chi connectivity index (χ4n) is 5.29. The van der Waals surface area contributed by atoms with Gasteiger partial charge in [0.2, 0.25) is 0 Å². The van der Waals surface area contributed by atoms with Crippen molar-refractivity contribution in [2.45, 2.75) is 38.0 Å². The summed E-state index contributed by atoms with van der Waals surface area (Å²) in [7, 11) is 0. The predicted molar refractivity (Wildman–Crippen MR) is 96.0 cm³/mol. The lowest BCUT2D eigenvalue weighted by Gasteiger charge is -2.36. The highest BCUT2D eigenvalue weighted by Gasteiger charge is 2.65. The maximum atomic E-state index is 14.2. The third-order valence-corrected chi connectivity index (χ3v) is 6.61. The van der Waals surface area contributed by atoms with Gasteiger partial charge in [0.1, 0.15) is 11.6 Å². The fourth-order valence-corrected chi connectivity index (χ4v) is 5.29. The fraction of sp³-hybridized carbons (Fsp3) is 0.333. The first-order valence-corrected chi connectivity index (χ1v) is 9.07. The summed E-state index contributed by atoms with van der Waals surface area (Å²) in [6, 6.07) is 9.51. The van der Waals surface area contributed by atoms with Crippen LogP contribution in [0.2, 0.25) is 0 Å². The Labute approximate surface area is 155 Å². The maximum Gasteiger partial charge on any atom is 0.135 e. The van der Waals surface area contributed by atoms with Crippen LogP contribution in [-0.2, 0) is 5.41 Å². The van der Waals surface area contributed by atoms with Crippen LogP contribution in [0.4, 0.5) is 8.78 Å². The molecule has 0 spiro atoms. The van der Waals surface area contributed by atoms with Gasteiger partial charge in [0.25, 0.3) is 0 Å². The van der Waals surface area contributed by atoms with Crippen LogP contribution in [0.15, 0.2) is 42.6 Å². The Morgan fingerprint density at radius 2 is 1.78 bits per heavy atom. The second-order valence-corrected chi connectivity index (χ2v) is 7.96. The second-order valence-electron chi connectivity index (χ2n) is 7.96. The van der Waals surface area contributed by atoms with Crippen LogP contribution in [-0.4, -0.2) is 20.4 Å². The van der Waals surface area contributed by atoms with Crippen molar-refractivity contribution in [1.29, 1.82) is 0 Å². The third-order valence-electron chi connectivity index (χ3n) is 6.61. The number of fused-ring (bicyclic) bond motifs is 5. The summed E-state index contributed by atoms with van der Waals surface area (Å²) in [5, 5.41) is 17.2. The number of rotatable bonds is 2. The van der Waals surface area contributed by atoms with Gasteiger partial charge in [0.15, 0.2) is 0 Å². The highest BCUT2D eigenvalue weighted by Crippen LogP contribution is 2.69. The van der Waals surface area contributed by atoms with E-state index in [4.69, 9.17) is 0 Å². The number of hydrogen-bond donors (Lipinski definition) is 0. The van der Waals surface area contributed by atoms with Crippen LogP contribution in [0.25, 0.3) is 11.3 Å². The van der Waals surface area contributed by atoms with E-state index in [0.29, 0.717) is 0 Å². The number of halogens is 2. The van der Waals surface area contributed by atoms with Crippen LogP contribution in [0.1, 0.15) is 49.6 Å².